The number of nitrogens with zero attached hydrogens (tertiary/aromatic N) is 2. The van der Waals surface area contributed by atoms with E-state index < -0.39 is 5.41 Å². The van der Waals surface area contributed by atoms with Crippen molar-refractivity contribution in [3.8, 4) is 0 Å². The maximum Gasteiger partial charge on any atom is 0.314 e. The molecule has 0 radical (unpaired) electrons. The van der Waals surface area contributed by atoms with Gasteiger partial charge in [-0.25, -0.2) is 4.79 Å². The molecule has 5 heteroatoms. The Hall–Kier alpha value is -2.04. The van der Waals surface area contributed by atoms with E-state index in [0.29, 0.717) is 26.2 Å². The van der Waals surface area contributed by atoms with Crippen molar-refractivity contribution in [3.05, 3.63) is 35.4 Å². The predicted molar refractivity (Wildman–Crippen MR) is 98.3 cm³/mol. The second kappa shape index (κ2) is 7.46. The zero-order chi connectivity index (χ0) is 17.9. The molecule has 0 spiro atoms. The smallest absolute Gasteiger partial charge is 0.314 e. The Bertz CT molecular complexity index is 638. The fraction of sp³-hybridized carbons (Fsp3) is 0.600. The second-order valence-corrected chi connectivity index (χ2v) is 7.43. The number of hydrogen-bond donors (Lipinski definition) is 1. The normalized spacial score (nSPS) is 20.8. The number of hydrogen-bond acceptors (Lipinski definition) is 2. The van der Waals surface area contributed by atoms with Crippen LogP contribution in [-0.2, 0) is 10.2 Å². The van der Waals surface area contributed by atoms with Gasteiger partial charge < -0.3 is 15.5 Å². The van der Waals surface area contributed by atoms with E-state index in [-0.39, 0.29) is 11.9 Å². The van der Waals surface area contributed by atoms with Gasteiger partial charge in [0.2, 0.25) is 5.91 Å². The summed E-state index contributed by atoms with van der Waals surface area (Å²) < 4.78 is 0. The van der Waals surface area contributed by atoms with Crippen LogP contribution in [0.2, 0.25) is 0 Å². The highest BCUT2D eigenvalue weighted by molar-refractivity contribution is 5.89. The lowest BCUT2D eigenvalue weighted by Gasteiger charge is -2.41. The van der Waals surface area contributed by atoms with Crippen molar-refractivity contribution < 1.29 is 9.59 Å². The van der Waals surface area contributed by atoms with Crippen LogP contribution in [-0.4, -0.2) is 47.9 Å². The summed E-state index contributed by atoms with van der Waals surface area (Å²) in [6, 6.07) is 7.93. The summed E-state index contributed by atoms with van der Waals surface area (Å²) in [7, 11) is 0. The predicted octanol–water partition coefficient (Wildman–Crippen LogP) is 2.81. The molecule has 1 saturated carbocycles. The first-order valence-electron chi connectivity index (χ1n) is 9.44. The van der Waals surface area contributed by atoms with E-state index in [1.807, 2.05) is 17.0 Å². The van der Waals surface area contributed by atoms with Crippen LogP contribution in [0.3, 0.4) is 0 Å². The number of primary amides is 1. The van der Waals surface area contributed by atoms with Crippen LogP contribution < -0.4 is 5.73 Å². The molecular weight excluding hydrogens is 314 g/mol. The third kappa shape index (κ3) is 3.51. The van der Waals surface area contributed by atoms with Crippen molar-refractivity contribution in [3.63, 3.8) is 0 Å². The lowest BCUT2D eigenvalue weighted by Crippen LogP contribution is -2.49. The molecule has 5 nitrogen and oxygen atoms in total. The van der Waals surface area contributed by atoms with Gasteiger partial charge in [0.05, 0.1) is 5.41 Å². The van der Waals surface area contributed by atoms with Crippen molar-refractivity contribution in [1.82, 2.24) is 9.80 Å². The van der Waals surface area contributed by atoms with Gasteiger partial charge in [0.15, 0.2) is 0 Å². The van der Waals surface area contributed by atoms with Gasteiger partial charge in [-0.15, -0.1) is 0 Å². The van der Waals surface area contributed by atoms with Crippen LogP contribution >= 0.6 is 0 Å². The van der Waals surface area contributed by atoms with E-state index in [2.05, 4.69) is 19.1 Å². The average Bonchev–Trinajstić information content (AvgIpc) is 2.88. The van der Waals surface area contributed by atoms with Crippen LogP contribution in [0.15, 0.2) is 24.3 Å². The van der Waals surface area contributed by atoms with Crippen LogP contribution in [0, 0.1) is 6.92 Å². The molecule has 1 heterocycles. The summed E-state index contributed by atoms with van der Waals surface area (Å²) >= 11 is 0. The molecule has 1 aliphatic carbocycles. The van der Waals surface area contributed by atoms with E-state index >= 15 is 0 Å². The maximum absolute atomic E-state index is 13.6. The first-order chi connectivity index (χ1) is 12.0. The summed E-state index contributed by atoms with van der Waals surface area (Å²) in [5.41, 5.74) is 7.41. The van der Waals surface area contributed by atoms with Gasteiger partial charge in [-0.05, 0) is 37.3 Å². The van der Waals surface area contributed by atoms with Crippen molar-refractivity contribution in [2.24, 2.45) is 5.73 Å². The van der Waals surface area contributed by atoms with Crippen molar-refractivity contribution in [2.75, 3.05) is 26.2 Å². The summed E-state index contributed by atoms with van der Waals surface area (Å²) in [6.07, 6.45) is 6.04. The summed E-state index contributed by atoms with van der Waals surface area (Å²) in [6.45, 7) is 4.56. The number of rotatable bonds is 2. The third-order valence-corrected chi connectivity index (χ3v) is 5.87. The van der Waals surface area contributed by atoms with Gasteiger partial charge in [-0.2, -0.15) is 0 Å². The molecule has 0 atom stereocenters. The Kier molecular flexibility index (Phi) is 5.30. The second-order valence-electron chi connectivity index (χ2n) is 7.43. The average molecular weight is 343 g/mol. The molecular formula is C20H29N3O2. The summed E-state index contributed by atoms with van der Waals surface area (Å²) in [5, 5.41) is 0. The van der Waals surface area contributed by atoms with Gasteiger partial charge >= 0.3 is 6.03 Å². The Labute approximate surface area is 150 Å². The fourth-order valence-electron chi connectivity index (χ4n) is 4.51. The van der Waals surface area contributed by atoms with Gasteiger partial charge in [0, 0.05) is 26.2 Å². The molecule has 1 aromatic carbocycles. The molecule has 3 rings (SSSR count). The molecule has 136 valence electrons. The third-order valence-electron chi connectivity index (χ3n) is 5.87. The molecule has 2 N–H and O–H groups in total. The molecule has 0 unspecified atom stereocenters. The van der Waals surface area contributed by atoms with Crippen molar-refractivity contribution >= 4 is 11.9 Å². The van der Waals surface area contributed by atoms with E-state index in [4.69, 9.17) is 5.73 Å². The Morgan fingerprint density at radius 1 is 0.920 bits per heavy atom. The molecule has 3 amide bonds. The Morgan fingerprint density at radius 2 is 1.56 bits per heavy atom. The first kappa shape index (κ1) is 17.8. The van der Waals surface area contributed by atoms with E-state index in [9.17, 15) is 9.59 Å². The first-order valence-corrected chi connectivity index (χ1v) is 9.44. The lowest BCUT2D eigenvalue weighted by atomic mass is 9.67. The molecule has 0 aromatic heterocycles. The molecule has 2 aliphatic rings. The highest BCUT2D eigenvalue weighted by Gasteiger charge is 2.44. The van der Waals surface area contributed by atoms with Gasteiger partial charge in [0.1, 0.15) is 0 Å². The lowest BCUT2D eigenvalue weighted by molar-refractivity contribution is -0.138. The molecule has 0 bridgehead atoms. The van der Waals surface area contributed by atoms with E-state index in [1.165, 1.54) is 17.5 Å². The number of benzene rings is 1. The van der Waals surface area contributed by atoms with Crippen molar-refractivity contribution in [1.29, 1.82) is 0 Å². The van der Waals surface area contributed by atoms with Crippen LogP contribution in [0.1, 0.15) is 49.7 Å². The zero-order valence-electron chi connectivity index (χ0n) is 15.2. The van der Waals surface area contributed by atoms with E-state index in [0.717, 1.165) is 32.1 Å². The summed E-state index contributed by atoms with van der Waals surface area (Å²) in [5.74, 6) is 0.243. The largest absolute Gasteiger partial charge is 0.351 e. The van der Waals surface area contributed by atoms with E-state index in [1.54, 1.807) is 4.90 Å². The molecule has 1 aliphatic heterocycles. The number of aryl methyl sites for hydroxylation is 1. The van der Waals surface area contributed by atoms with Crippen LogP contribution in [0.5, 0.6) is 0 Å². The number of urea groups is 1. The fourth-order valence-corrected chi connectivity index (χ4v) is 4.51. The number of carbonyl (C=O) groups excluding carboxylic acids is 2. The maximum atomic E-state index is 13.6. The number of carbonyl (C=O) groups is 2. The Morgan fingerprint density at radius 3 is 2.24 bits per heavy atom. The highest BCUT2D eigenvalue weighted by atomic mass is 16.2. The zero-order valence-corrected chi connectivity index (χ0v) is 15.2. The minimum Gasteiger partial charge on any atom is -0.351 e. The minimum atomic E-state index is -0.397. The van der Waals surface area contributed by atoms with Crippen LogP contribution in [0.4, 0.5) is 4.79 Å². The Balaban J connectivity index is 1.88. The molecule has 1 saturated heterocycles. The van der Waals surface area contributed by atoms with Crippen LogP contribution in [0.25, 0.3) is 0 Å². The van der Waals surface area contributed by atoms with Gasteiger partial charge in [0.25, 0.3) is 0 Å². The molecule has 2 fully saturated rings. The SMILES string of the molecule is Cc1ccccc1C1(C(=O)N2CCCN(C(N)=O)CC2)CCCCC1. The minimum absolute atomic E-state index is 0.243. The number of amides is 3. The summed E-state index contributed by atoms with van der Waals surface area (Å²) in [4.78, 5) is 28.7. The van der Waals surface area contributed by atoms with Gasteiger partial charge in [-0.3, -0.25) is 4.79 Å². The molecule has 1 aromatic rings. The highest BCUT2D eigenvalue weighted by Crippen LogP contribution is 2.42. The quantitative estimate of drug-likeness (QED) is 0.897. The number of nitrogens with two attached hydrogens (primary N) is 1. The topological polar surface area (TPSA) is 66.6 Å². The standard InChI is InChI=1S/C20H29N3O2/c1-16-8-3-4-9-17(16)20(10-5-2-6-11-20)18(24)22-12-7-13-23(15-14-22)19(21)25/h3-4,8-9H,2,5-7,10-15H2,1H3,(H2,21,25). The molecule has 25 heavy (non-hydrogen) atoms. The monoisotopic (exact) mass is 343 g/mol. The van der Waals surface area contributed by atoms with Crippen molar-refractivity contribution in [2.45, 2.75) is 50.9 Å². The van der Waals surface area contributed by atoms with Gasteiger partial charge in [-0.1, -0.05) is 43.5 Å².